The minimum atomic E-state index is -0.613. The number of hydrogen-bond donors (Lipinski definition) is 2. The molecule has 7 heteroatoms. The van der Waals surface area contributed by atoms with E-state index in [-0.39, 0.29) is 24.3 Å². The average molecular weight is 447 g/mol. The van der Waals surface area contributed by atoms with Crippen LogP contribution in [0.25, 0.3) is 11.4 Å². The standard InChI is InChI=1S/C26H30N4O3/c1-17(2)19-8-10-20(11-9-19)25-29-24(33-30-25)15-14-23(31)28-22(26(32)27-21-12-13-21)16-18-6-4-3-5-7-18/h3-11,17,21-22H,12-16H2,1-2H3,(H,27,32)(H,28,31). The number of rotatable bonds is 10. The van der Waals surface area contributed by atoms with Crippen LogP contribution < -0.4 is 10.6 Å². The van der Waals surface area contributed by atoms with Crippen LogP contribution in [0.5, 0.6) is 0 Å². The number of aryl methyl sites for hydroxylation is 1. The van der Waals surface area contributed by atoms with E-state index in [4.69, 9.17) is 4.52 Å². The van der Waals surface area contributed by atoms with Gasteiger partial charge >= 0.3 is 0 Å². The van der Waals surface area contributed by atoms with Crippen LogP contribution in [0.15, 0.2) is 59.1 Å². The molecule has 3 aromatic rings. The van der Waals surface area contributed by atoms with Gasteiger partial charge in [-0.05, 0) is 29.9 Å². The molecule has 0 radical (unpaired) electrons. The third kappa shape index (κ3) is 6.51. The minimum absolute atomic E-state index is 0.139. The van der Waals surface area contributed by atoms with Gasteiger partial charge in [0.25, 0.3) is 0 Å². The molecule has 33 heavy (non-hydrogen) atoms. The first-order chi connectivity index (χ1) is 16.0. The van der Waals surface area contributed by atoms with Gasteiger partial charge in [0.05, 0.1) is 0 Å². The van der Waals surface area contributed by atoms with Crippen molar-refractivity contribution in [3.8, 4) is 11.4 Å². The van der Waals surface area contributed by atoms with E-state index in [2.05, 4.69) is 46.8 Å². The first kappa shape index (κ1) is 22.7. The van der Waals surface area contributed by atoms with Crippen LogP contribution in [0.3, 0.4) is 0 Å². The highest BCUT2D eigenvalue weighted by molar-refractivity contribution is 5.88. The zero-order valence-corrected chi connectivity index (χ0v) is 19.1. The molecule has 172 valence electrons. The lowest BCUT2D eigenvalue weighted by atomic mass is 10.0. The molecule has 2 N–H and O–H groups in total. The Balaban J connectivity index is 1.33. The number of nitrogens with zero attached hydrogens (tertiary/aromatic N) is 2. The van der Waals surface area contributed by atoms with Gasteiger partial charge in [-0.3, -0.25) is 9.59 Å². The van der Waals surface area contributed by atoms with Crippen molar-refractivity contribution in [2.45, 2.75) is 64.0 Å². The molecule has 7 nitrogen and oxygen atoms in total. The van der Waals surface area contributed by atoms with Crippen molar-refractivity contribution < 1.29 is 14.1 Å². The van der Waals surface area contributed by atoms with Crippen molar-refractivity contribution in [1.82, 2.24) is 20.8 Å². The Morgan fingerprint density at radius 1 is 1.06 bits per heavy atom. The van der Waals surface area contributed by atoms with Crippen LogP contribution in [0, 0.1) is 0 Å². The molecule has 0 aliphatic heterocycles. The molecule has 0 saturated heterocycles. The third-order valence-corrected chi connectivity index (χ3v) is 5.73. The molecule has 1 aliphatic carbocycles. The SMILES string of the molecule is CC(C)c1ccc(-c2noc(CCC(=O)NC(Cc3ccccc3)C(=O)NC3CC3)n2)cc1. The van der Waals surface area contributed by atoms with E-state index in [0.717, 1.165) is 24.0 Å². The van der Waals surface area contributed by atoms with E-state index >= 15 is 0 Å². The van der Waals surface area contributed by atoms with E-state index in [1.54, 1.807) is 0 Å². The van der Waals surface area contributed by atoms with Crippen molar-refractivity contribution in [2.75, 3.05) is 0 Å². The van der Waals surface area contributed by atoms with Crippen LogP contribution in [-0.2, 0) is 22.4 Å². The van der Waals surface area contributed by atoms with Crippen molar-refractivity contribution in [1.29, 1.82) is 0 Å². The maximum atomic E-state index is 12.7. The average Bonchev–Trinajstić information content (AvgIpc) is 3.51. The number of carbonyl (C=O) groups excluding carboxylic acids is 2. The molecular formula is C26H30N4O3. The van der Waals surface area contributed by atoms with Crippen LogP contribution >= 0.6 is 0 Å². The highest BCUT2D eigenvalue weighted by atomic mass is 16.5. The van der Waals surface area contributed by atoms with Gasteiger partial charge in [0.15, 0.2) is 0 Å². The Kier molecular flexibility index (Phi) is 7.17. The number of aromatic nitrogens is 2. The molecule has 1 unspecified atom stereocenters. The summed E-state index contributed by atoms with van der Waals surface area (Å²) in [7, 11) is 0. The van der Waals surface area contributed by atoms with Gasteiger partial charge in [-0.2, -0.15) is 4.98 Å². The molecular weight excluding hydrogens is 416 g/mol. The molecule has 1 atom stereocenters. The van der Waals surface area contributed by atoms with Crippen molar-refractivity contribution in [3.63, 3.8) is 0 Å². The normalized spacial score (nSPS) is 14.2. The van der Waals surface area contributed by atoms with Gasteiger partial charge in [0.2, 0.25) is 23.5 Å². The first-order valence-electron chi connectivity index (χ1n) is 11.5. The fourth-order valence-corrected chi connectivity index (χ4v) is 3.57. The van der Waals surface area contributed by atoms with Crippen LogP contribution in [-0.4, -0.2) is 34.0 Å². The van der Waals surface area contributed by atoms with E-state index in [1.165, 1.54) is 5.56 Å². The monoisotopic (exact) mass is 446 g/mol. The maximum Gasteiger partial charge on any atom is 0.243 e. The molecule has 4 rings (SSSR count). The summed E-state index contributed by atoms with van der Waals surface area (Å²) < 4.78 is 5.34. The Bertz CT molecular complexity index is 1070. The predicted molar refractivity (Wildman–Crippen MR) is 125 cm³/mol. The summed E-state index contributed by atoms with van der Waals surface area (Å²) >= 11 is 0. The summed E-state index contributed by atoms with van der Waals surface area (Å²) in [6.07, 6.45) is 2.91. The van der Waals surface area contributed by atoms with Crippen molar-refractivity contribution >= 4 is 11.8 Å². The van der Waals surface area contributed by atoms with Gasteiger partial charge in [-0.1, -0.05) is 73.6 Å². The summed E-state index contributed by atoms with van der Waals surface area (Å²) in [5.74, 6) is 1.000. The van der Waals surface area contributed by atoms with E-state index in [0.29, 0.717) is 30.5 Å². The quantitative estimate of drug-likeness (QED) is 0.494. The Labute approximate surface area is 194 Å². The van der Waals surface area contributed by atoms with Gasteiger partial charge in [-0.25, -0.2) is 0 Å². The Morgan fingerprint density at radius 2 is 1.79 bits per heavy atom. The number of benzene rings is 2. The molecule has 0 spiro atoms. The summed E-state index contributed by atoms with van der Waals surface area (Å²) in [5.41, 5.74) is 3.12. The van der Waals surface area contributed by atoms with E-state index in [9.17, 15) is 9.59 Å². The van der Waals surface area contributed by atoms with E-state index in [1.807, 2.05) is 42.5 Å². The van der Waals surface area contributed by atoms with E-state index < -0.39 is 6.04 Å². The summed E-state index contributed by atoms with van der Waals surface area (Å²) in [6, 6.07) is 17.4. The van der Waals surface area contributed by atoms with Gasteiger partial charge < -0.3 is 15.2 Å². The molecule has 1 heterocycles. The molecule has 1 fully saturated rings. The number of hydrogen-bond acceptors (Lipinski definition) is 5. The second-order valence-corrected chi connectivity index (χ2v) is 8.88. The summed E-state index contributed by atoms with van der Waals surface area (Å²) in [6.45, 7) is 4.29. The second kappa shape index (κ2) is 10.4. The lowest BCUT2D eigenvalue weighted by molar-refractivity contribution is -0.129. The van der Waals surface area contributed by atoms with Gasteiger partial charge in [0.1, 0.15) is 6.04 Å². The lowest BCUT2D eigenvalue weighted by Gasteiger charge is -2.18. The fourth-order valence-electron chi connectivity index (χ4n) is 3.57. The minimum Gasteiger partial charge on any atom is -0.352 e. The van der Waals surface area contributed by atoms with Gasteiger partial charge in [-0.15, -0.1) is 0 Å². The zero-order valence-electron chi connectivity index (χ0n) is 19.1. The second-order valence-electron chi connectivity index (χ2n) is 8.88. The molecule has 0 bridgehead atoms. The van der Waals surface area contributed by atoms with Crippen LogP contribution in [0.1, 0.15) is 56.0 Å². The number of carbonyl (C=O) groups is 2. The Morgan fingerprint density at radius 3 is 2.45 bits per heavy atom. The molecule has 2 aromatic carbocycles. The molecule has 1 saturated carbocycles. The topological polar surface area (TPSA) is 97.1 Å². The highest BCUT2D eigenvalue weighted by Gasteiger charge is 2.28. The van der Waals surface area contributed by atoms with Crippen molar-refractivity contribution in [3.05, 3.63) is 71.6 Å². The molecule has 1 aliphatic rings. The smallest absolute Gasteiger partial charge is 0.243 e. The summed E-state index contributed by atoms with van der Waals surface area (Å²) in [5, 5.41) is 9.92. The van der Waals surface area contributed by atoms with Crippen molar-refractivity contribution in [2.24, 2.45) is 0 Å². The molecule has 1 aromatic heterocycles. The van der Waals surface area contributed by atoms with Gasteiger partial charge in [0, 0.05) is 30.9 Å². The Hall–Kier alpha value is -3.48. The predicted octanol–water partition coefficient (Wildman–Crippen LogP) is 3.80. The molecule has 2 amide bonds. The highest BCUT2D eigenvalue weighted by Crippen LogP contribution is 2.21. The fraction of sp³-hybridized carbons (Fsp3) is 0.385. The first-order valence-corrected chi connectivity index (χ1v) is 11.5. The largest absolute Gasteiger partial charge is 0.352 e. The maximum absolute atomic E-state index is 12.7. The summed E-state index contributed by atoms with van der Waals surface area (Å²) in [4.78, 5) is 29.7. The zero-order chi connectivity index (χ0) is 23.2. The third-order valence-electron chi connectivity index (χ3n) is 5.73. The van der Waals surface area contributed by atoms with Crippen LogP contribution in [0.4, 0.5) is 0 Å². The lowest BCUT2D eigenvalue weighted by Crippen LogP contribution is -2.48. The number of amides is 2. The number of nitrogens with one attached hydrogen (secondary N) is 2. The van der Waals surface area contributed by atoms with Crippen LogP contribution in [0.2, 0.25) is 0 Å².